The maximum Gasteiger partial charge on any atom is 0.134 e. The van der Waals surface area contributed by atoms with Gasteiger partial charge in [0.1, 0.15) is 18.1 Å². The summed E-state index contributed by atoms with van der Waals surface area (Å²) in [7, 11) is 3.53. The van der Waals surface area contributed by atoms with Crippen LogP contribution in [0.25, 0.3) is 0 Å². The maximum absolute atomic E-state index is 5.65. The van der Waals surface area contributed by atoms with E-state index >= 15 is 0 Å². The number of rotatable bonds is 8. The van der Waals surface area contributed by atoms with E-state index < -0.39 is 0 Å². The molecule has 0 radical (unpaired) electrons. The van der Waals surface area contributed by atoms with Crippen LogP contribution in [0.15, 0.2) is 30.5 Å². The van der Waals surface area contributed by atoms with Gasteiger partial charge in [0.15, 0.2) is 0 Å². The molecule has 0 amide bonds. The maximum atomic E-state index is 5.65. The van der Waals surface area contributed by atoms with Crippen molar-refractivity contribution in [2.24, 2.45) is 7.05 Å². The Kier molecular flexibility index (Phi) is 5.52. The Bertz CT molecular complexity index is 510. The van der Waals surface area contributed by atoms with E-state index in [0.29, 0.717) is 6.61 Å². The summed E-state index contributed by atoms with van der Waals surface area (Å²) in [6.45, 7) is 2.83. The first-order valence-electron chi connectivity index (χ1n) is 6.54. The van der Waals surface area contributed by atoms with Gasteiger partial charge in [-0.3, -0.25) is 4.68 Å². The average Bonchev–Trinajstić information content (AvgIpc) is 2.88. The highest BCUT2D eigenvalue weighted by Gasteiger charge is 2.00. The molecule has 0 fully saturated rings. The standard InChI is InChI=1S/C14H20N4O2/c1-18-10-13(16-17-18)11-20-14-5-3-12(4-6-14)9-15-7-8-19-2/h3-6,10,15H,7-9,11H2,1-2H3. The van der Waals surface area contributed by atoms with Gasteiger partial charge in [0.2, 0.25) is 0 Å². The number of benzene rings is 1. The summed E-state index contributed by atoms with van der Waals surface area (Å²) in [5, 5.41) is 11.1. The zero-order valence-electron chi connectivity index (χ0n) is 11.9. The molecule has 0 atom stereocenters. The van der Waals surface area contributed by atoms with Gasteiger partial charge < -0.3 is 14.8 Å². The molecule has 0 saturated carbocycles. The number of hydrogen-bond donors (Lipinski definition) is 1. The minimum Gasteiger partial charge on any atom is -0.487 e. The van der Waals surface area contributed by atoms with Crippen LogP contribution in [0.5, 0.6) is 5.75 Å². The number of aryl methyl sites for hydroxylation is 1. The molecular formula is C14H20N4O2. The second-order valence-electron chi connectivity index (χ2n) is 4.49. The molecular weight excluding hydrogens is 256 g/mol. The third-order valence-corrected chi connectivity index (χ3v) is 2.77. The van der Waals surface area contributed by atoms with Gasteiger partial charge in [0.05, 0.1) is 12.8 Å². The monoisotopic (exact) mass is 276 g/mol. The van der Waals surface area contributed by atoms with Crippen LogP contribution in [-0.2, 0) is 24.9 Å². The lowest BCUT2D eigenvalue weighted by atomic mass is 10.2. The van der Waals surface area contributed by atoms with Crippen LogP contribution in [0.1, 0.15) is 11.3 Å². The predicted octanol–water partition coefficient (Wildman–Crippen LogP) is 1.13. The Morgan fingerprint density at radius 1 is 1.25 bits per heavy atom. The third-order valence-electron chi connectivity index (χ3n) is 2.77. The van der Waals surface area contributed by atoms with Crippen molar-refractivity contribution in [1.82, 2.24) is 20.3 Å². The van der Waals surface area contributed by atoms with Crippen LogP contribution >= 0.6 is 0 Å². The van der Waals surface area contributed by atoms with Gasteiger partial charge in [-0.15, -0.1) is 5.10 Å². The van der Waals surface area contributed by atoms with Gasteiger partial charge >= 0.3 is 0 Å². The Morgan fingerprint density at radius 3 is 2.70 bits per heavy atom. The van der Waals surface area contributed by atoms with Crippen LogP contribution in [-0.4, -0.2) is 35.3 Å². The second kappa shape index (κ2) is 7.62. The number of nitrogens with zero attached hydrogens (tertiary/aromatic N) is 3. The minimum atomic E-state index is 0.430. The van der Waals surface area contributed by atoms with Crippen LogP contribution < -0.4 is 10.1 Å². The summed E-state index contributed by atoms with van der Waals surface area (Å²) in [5.41, 5.74) is 2.03. The second-order valence-corrected chi connectivity index (χ2v) is 4.49. The Hall–Kier alpha value is -1.92. The highest BCUT2D eigenvalue weighted by Crippen LogP contribution is 2.13. The van der Waals surface area contributed by atoms with Gasteiger partial charge in [-0.25, -0.2) is 0 Å². The third kappa shape index (κ3) is 4.64. The molecule has 1 aromatic carbocycles. The molecule has 108 valence electrons. The largest absolute Gasteiger partial charge is 0.487 e. The quantitative estimate of drug-likeness (QED) is 0.732. The molecule has 0 aliphatic carbocycles. The normalized spacial score (nSPS) is 10.7. The summed E-state index contributed by atoms with van der Waals surface area (Å²) in [4.78, 5) is 0. The van der Waals surface area contributed by atoms with Crippen LogP contribution in [0, 0.1) is 0 Å². The average molecular weight is 276 g/mol. The lowest BCUT2D eigenvalue weighted by Crippen LogP contribution is -2.18. The molecule has 0 unspecified atom stereocenters. The smallest absolute Gasteiger partial charge is 0.134 e. The van der Waals surface area contributed by atoms with E-state index in [9.17, 15) is 0 Å². The van der Waals surface area contributed by atoms with Crippen LogP contribution in [0.2, 0.25) is 0 Å². The van der Waals surface area contributed by atoms with Gasteiger partial charge in [-0.05, 0) is 17.7 Å². The summed E-state index contributed by atoms with van der Waals surface area (Å²) in [6.07, 6.45) is 1.84. The van der Waals surface area contributed by atoms with E-state index in [-0.39, 0.29) is 0 Å². The van der Waals surface area contributed by atoms with E-state index in [4.69, 9.17) is 9.47 Å². The highest BCUT2D eigenvalue weighted by atomic mass is 16.5. The Balaban J connectivity index is 1.76. The number of methoxy groups -OCH3 is 1. The fraction of sp³-hybridized carbons (Fsp3) is 0.429. The van der Waals surface area contributed by atoms with E-state index in [1.165, 1.54) is 5.56 Å². The van der Waals surface area contributed by atoms with Crippen molar-refractivity contribution >= 4 is 0 Å². The van der Waals surface area contributed by atoms with Crippen molar-refractivity contribution in [2.45, 2.75) is 13.2 Å². The highest BCUT2D eigenvalue weighted by molar-refractivity contribution is 5.27. The fourth-order valence-corrected chi connectivity index (χ4v) is 1.73. The first-order valence-corrected chi connectivity index (χ1v) is 6.54. The Labute approximate surface area is 118 Å². The summed E-state index contributed by atoms with van der Waals surface area (Å²) >= 11 is 0. The Morgan fingerprint density at radius 2 is 2.05 bits per heavy atom. The van der Waals surface area contributed by atoms with Gasteiger partial charge in [-0.2, -0.15) is 0 Å². The molecule has 0 spiro atoms. The summed E-state index contributed by atoms with van der Waals surface area (Å²) < 4.78 is 12.3. The molecule has 6 heteroatoms. The van der Waals surface area contributed by atoms with Gasteiger partial charge in [0.25, 0.3) is 0 Å². The first kappa shape index (κ1) is 14.5. The van der Waals surface area contributed by atoms with Crippen molar-refractivity contribution < 1.29 is 9.47 Å². The molecule has 0 aliphatic heterocycles. The molecule has 1 N–H and O–H groups in total. The van der Waals surface area contributed by atoms with Crippen LogP contribution in [0.4, 0.5) is 0 Å². The molecule has 20 heavy (non-hydrogen) atoms. The number of ether oxygens (including phenoxy) is 2. The van der Waals surface area contributed by atoms with Gasteiger partial charge in [-0.1, -0.05) is 17.3 Å². The molecule has 1 heterocycles. The first-order chi connectivity index (χ1) is 9.78. The topological polar surface area (TPSA) is 61.2 Å². The van der Waals surface area contributed by atoms with Crippen LogP contribution in [0.3, 0.4) is 0 Å². The molecule has 2 aromatic rings. The SMILES string of the molecule is COCCNCc1ccc(OCc2cn(C)nn2)cc1. The van der Waals surface area contributed by atoms with Crippen molar-refractivity contribution in [2.75, 3.05) is 20.3 Å². The van der Waals surface area contributed by atoms with Gasteiger partial charge in [0, 0.05) is 27.2 Å². The zero-order chi connectivity index (χ0) is 14.2. The summed E-state index contributed by atoms with van der Waals surface area (Å²) in [6, 6.07) is 8.02. The lowest BCUT2D eigenvalue weighted by molar-refractivity contribution is 0.199. The van der Waals surface area contributed by atoms with E-state index in [1.54, 1.807) is 11.8 Å². The number of aromatic nitrogens is 3. The fourth-order valence-electron chi connectivity index (χ4n) is 1.73. The summed E-state index contributed by atoms with van der Waals surface area (Å²) in [5.74, 6) is 0.830. The molecule has 2 rings (SSSR count). The molecule has 6 nitrogen and oxygen atoms in total. The zero-order valence-corrected chi connectivity index (χ0v) is 11.9. The van der Waals surface area contributed by atoms with E-state index in [2.05, 4.69) is 15.6 Å². The predicted molar refractivity (Wildman–Crippen MR) is 75.4 cm³/mol. The lowest BCUT2D eigenvalue weighted by Gasteiger charge is -2.07. The van der Waals surface area contributed by atoms with Crippen molar-refractivity contribution in [3.05, 3.63) is 41.7 Å². The van der Waals surface area contributed by atoms with Crippen molar-refractivity contribution in [1.29, 1.82) is 0 Å². The van der Waals surface area contributed by atoms with Crippen molar-refractivity contribution in [3.63, 3.8) is 0 Å². The van der Waals surface area contributed by atoms with E-state index in [0.717, 1.165) is 31.1 Å². The molecule has 0 bridgehead atoms. The minimum absolute atomic E-state index is 0.430. The molecule has 0 aliphatic rings. The molecule has 0 saturated heterocycles. The number of hydrogen-bond acceptors (Lipinski definition) is 5. The molecule has 1 aromatic heterocycles. The van der Waals surface area contributed by atoms with E-state index in [1.807, 2.05) is 37.5 Å². The number of nitrogens with one attached hydrogen (secondary N) is 1. The van der Waals surface area contributed by atoms with Crippen molar-refractivity contribution in [3.8, 4) is 5.75 Å².